The molecule has 0 unspecified atom stereocenters. The Kier molecular flexibility index (Phi) is 5.78. The van der Waals surface area contributed by atoms with Crippen molar-refractivity contribution in [2.24, 2.45) is 10.9 Å². The lowest BCUT2D eigenvalue weighted by Gasteiger charge is -2.19. The van der Waals surface area contributed by atoms with Gasteiger partial charge in [0, 0.05) is 6.54 Å². The van der Waals surface area contributed by atoms with E-state index in [1.165, 1.54) is 4.31 Å². The topological polar surface area (TPSA) is 96.0 Å². The minimum atomic E-state index is -3.41. The van der Waals surface area contributed by atoms with Gasteiger partial charge >= 0.3 is 0 Å². The number of sulfonamides is 1. The van der Waals surface area contributed by atoms with E-state index >= 15 is 0 Å². The van der Waals surface area contributed by atoms with E-state index in [-0.39, 0.29) is 24.7 Å². The second kappa shape index (κ2) is 7.10. The summed E-state index contributed by atoms with van der Waals surface area (Å²) < 4.78 is 25.4. The van der Waals surface area contributed by atoms with E-state index in [1.807, 2.05) is 30.3 Å². The molecular formula is C12H19N3O3S. The van der Waals surface area contributed by atoms with Crippen LogP contribution in [-0.2, 0) is 16.4 Å². The van der Waals surface area contributed by atoms with Crippen molar-refractivity contribution in [2.45, 2.75) is 13.3 Å². The molecule has 3 N–H and O–H groups in total. The van der Waals surface area contributed by atoms with Gasteiger partial charge in [0.05, 0.1) is 12.3 Å². The van der Waals surface area contributed by atoms with Crippen LogP contribution in [-0.4, -0.2) is 42.6 Å². The summed E-state index contributed by atoms with van der Waals surface area (Å²) in [5.41, 5.74) is 6.31. The van der Waals surface area contributed by atoms with Crippen molar-refractivity contribution in [3.05, 3.63) is 35.9 Å². The van der Waals surface area contributed by atoms with Crippen LogP contribution in [0.4, 0.5) is 0 Å². The first kappa shape index (κ1) is 15.5. The van der Waals surface area contributed by atoms with Crippen molar-refractivity contribution >= 4 is 15.9 Å². The van der Waals surface area contributed by atoms with E-state index in [1.54, 1.807) is 6.92 Å². The fourth-order valence-electron chi connectivity index (χ4n) is 1.64. The molecule has 0 radical (unpaired) electrons. The number of likely N-dealkylation sites (N-methyl/N-ethyl adjacent to an activating group) is 1. The fraction of sp³-hybridized carbons (Fsp3) is 0.417. The molecule has 0 atom stereocenters. The van der Waals surface area contributed by atoms with Crippen LogP contribution in [0.15, 0.2) is 35.5 Å². The van der Waals surface area contributed by atoms with Gasteiger partial charge in [-0.15, -0.1) is 0 Å². The standard InChI is InChI=1S/C12H19N3O3S/c1-2-15(10-12(13)14-16)19(17,18)9-8-11-6-4-3-5-7-11/h3-7,16H,2,8-10H2,1H3,(H2,13,14). The summed E-state index contributed by atoms with van der Waals surface area (Å²) in [7, 11) is -3.41. The second-order valence-corrected chi connectivity index (χ2v) is 6.16. The highest BCUT2D eigenvalue weighted by atomic mass is 32.2. The average molecular weight is 285 g/mol. The van der Waals surface area contributed by atoms with E-state index in [0.717, 1.165) is 5.56 Å². The largest absolute Gasteiger partial charge is 0.409 e. The highest BCUT2D eigenvalue weighted by molar-refractivity contribution is 7.89. The van der Waals surface area contributed by atoms with Crippen molar-refractivity contribution in [1.29, 1.82) is 0 Å². The third-order valence-corrected chi connectivity index (χ3v) is 4.60. The Hall–Kier alpha value is -1.60. The number of oxime groups is 1. The van der Waals surface area contributed by atoms with Crippen LogP contribution >= 0.6 is 0 Å². The zero-order valence-electron chi connectivity index (χ0n) is 10.9. The van der Waals surface area contributed by atoms with Crippen molar-refractivity contribution in [1.82, 2.24) is 4.31 Å². The molecule has 1 rings (SSSR count). The Morgan fingerprint density at radius 1 is 1.37 bits per heavy atom. The molecule has 1 aromatic carbocycles. The Morgan fingerprint density at radius 2 is 2.00 bits per heavy atom. The average Bonchev–Trinajstić information content (AvgIpc) is 2.43. The lowest BCUT2D eigenvalue weighted by molar-refractivity contribution is 0.315. The molecular weight excluding hydrogens is 266 g/mol. The molecule has 0 aliphatic heterocycles. The third kappa shape index (κ3) is 4.88. The van der Waals surface area contributed by atoms with Gasteiger partial charge in [-0.05, 0) is 12.0 Å². The number of nitrogens with zero attached hydrogens (tertiary/aromatic N) is 2. The maximum absolute atomic E-state index is 12.1. The summed E-state index contributed by atoms with van der Waals surface area (Å²) in [6, 6.07) is 9.39. The maximum Gasteiger partial charge on any atom is 0.214 e. The normalized spacial score (nSPS) is 12.8. The molecule has 0 aromatic heterocycles. The third-order valence-electron chi connectivity index (χ3n) is 2.70. The Labute approximate surface area is 113 Å². The van der Waals surface area contributed by atoms with Crippen LogP contribution in [0, 0.1) is 0 Å². The molecule has 19 heavy (non-hydrogen) atoms. The Balaban J connectivity index is 2.68. The summed E-state index contributed by atoms with van der Waals surface area (Å²) in [5, 5.41) is 11.3. The number of benzene rings is 1. The number of hydrogen-bond acceptors (Lipinski definition) is 4. The predicted octanol–water partition coefficient (Wildman–Crippen LogP) is 0.627. The molecule has 1 aromatic rings. The molecule has 0 spiro atoms. The first-order chi connectivity index (χ1) is 8.99. The predicted molar refractivity (Wildman–Crippen MR) is 74.6 cm³/mol. The van der Waals surface area contributed by atoms with Crippen molar-refractivity contribution in [3.8, 4) is 0 Å². The fourth-order valence-corrected chi connectivity index (χ4v) is 3.11. The molecule has 0 fully saturated rings. The minimum absolute atomic E-state index is 0.00353. The van der Waals surface area contributed by atoms with E-state index in [0.29, 0.717) is 6.42 Å². The number of nitrogens with two attached hydrogens (primary N) is 1. The zero-order valence-corrected chi connectivity index (χ0v) is 11.7. The van der Waals surface area contributed by atoms with E-state index in [2.05, 4.69) is 5.16 Å². The molecule has 0 heterocycles. The lowest BCUT2D eigenvalue weighted by Crippen LogP contribution is -2.40. The molecule has 0 saturated carbocycles. The molecule has 6 nitrogen and oxygen atoms in total. The molecule has 0 amide bonds. The van der Waals surface area contributed by atoms with Crippen molar-refractivity contribution in [2.75, 3.05) is 18.8 Å². The van der Waals surface area contributed by atoms with Crippen LogP contribution in [0.5, 0.6) is 0 Å². The summed E-state index contributed by atoms with van der Waals surface area (Å²) in [6.45, 7) is 1.90. The molecule has 7 heteroatoms. The van der Waals surface area contributed by atoms with Crippen molar-refractivity contribution in [3.63, 3.8) is 0 Å². The van der Waals surface area contributed by atoms with Gasteiger partial charge in [0.25, 0.3) is 0 Å². The quantitative estimate of drug-likeness (QED) is 0.332. The highest BCUT2D eigenvalue weighted by Crippen LogP contribution is 2.06. The summed E-state index contributed by atoms with van der Waals surface area (Å²) in [4.78, 5) is 0. The summed E-state index contributed by atoms with van der Waals surface area (Å²) in [6.07, 6.45) is 0.440. The Morgan fingerprint density at radius 3 is 2.53 bits per heavy atom. The molecule has 0 aliphatic carbocycles. The maximum atomic E-state index is 12.1. The molecule has 106 valence electrons. The van der Waals surface area contributed by atoms with Gasteiger partial charge in [-0.3, -0.25) is 0 Å². The van der Waals surface area contributed by atoms with Gasteiger partial charge in [0.1, 0.15) is 0 Å². The summed E-state index contributed by atoms with van der Waals surface area (Å²) in [5.74, 6) is -0.117. The smallest absolute Gasteiger partial charge is 0.214 e. The van der Waals surface area contributed by atoms with Gasteiger partial charge in [0.2, 0.25) is 10.0 Å². The lowest BCUT2D eigenvalue weighted by atomic mass is 10.2. The first-order valence-electron chi connectivity index (χ1n) is 5.97. The van der Waals surface area contributed by atoms with Gasteiger partial charge in [0.15, 0.2) is 5.84 Å². The van der Waals surface area contributed by atoms with E-state index < -0.39 is 10.0 Å². The number of hydrogen-bond donors (Lipinski definition) is 2. The van der Waals surface area contributed by atoms with Crippen molar-refractivity contribution < 1.29 is 13.6 Å². The second-order valence-electron chi connectivity index (χ2n) is 4.07. The van der Waals surface area contributed by atoms with Gasteiger partial charge < -0.3 is 10.9 Å². The minimum Gasteiger partial charge on any atom is -0.409 e. The van der Waals surface area contributed by atoms with E-state index in [9.17, 15) is 8.42 Å². The van der Waals surface area contributed by atoms with Crippen LogP contribution in [0.2, 0.25) is 0 Å². The number of amidine groups is 1. The van der Waals surface area contributed by atoms with Gasteiger partial charge in [-0.25, -0.2) is 8.42 Å². The summed E-state index contributed by atoms with van der Waals surface area (Å²) >= 11 is 0. The van der Waals surface area contributed by atoms with Gasteiger partial charge in [-0.1, -0.05) is 42.4 Å². The number of rotatable bonds is 7. The van der Waals surface area contributed by atoms with Crippen LogP contribution < -0.4 is 5.73 Å². The SMILES string of the molecule is CCN(C/C(N)=N/O)S(=O)(=O)CCc1ccccc1. The highest BCUT2D eigenvalue weighted by Gasteiger charge is 2.21. The molecule has 0 bridgehead atoms. The Bertz CT molecular complexity index is 514. The van der Waals surface area contributed by atoms with Crippen LogP contribution in [0.3, 0.4) is 0 Å². The van der Waals surface area contributed by atoms with Crippen LogP contribution in [0.1, 0.15) is 12.5 Å². The molecule has 0 saturated heterocycles. The molecule has 0 aliphatic rings. The monoisotopic (exact) mass is 285 g/mol. The first-order valence-corrected chi connectivity index (χ1v) is 7.58. The number of aryl methyl sites for hydroxylation is 1. The van der Waals surface area contributed by atoms with Crippen LogP contribution in [0.25, 0.3) is 0 Å². The van der Waals surface area contributed by atoms with Gasteiger partial charge in [-0.2, -0.15) is 4.31 Å². The van der Waals surface area contributed by atoms with E-state index in [4.69, 9.17) is 10.9 Å². The zero-order chi connectivity index (χ0) is 14.3.